The van der Waals surface area contributed by atoms with Gasteiger partial charge in [-0.1, -0.05) is 0 Å². The smallest absolute Gasteiger partial charge is 0.294 e. The van der Waals surface area contributed by atoms with Crippen LogP contribution in [-0.2, 0) is 19.0 Å². The minimum absolute atomic E-state index is 0.190. The van der Waals surface area contributed by atoms with Crippen molar-refractivity contribution in [1.29, 1.82) is 0 Å². The molecule has 1 aromatic heterocycles. The third-order valence-corrected chi connectivity index (χ3v) is 3.29. The van der Waals surface area contributed by atoms with E-state index in [1.807, 2.05) is 0 Å². The number of hydrogen-bond acceptors (Lipinski definition) is 2. The molecule has 0 atom stereocenters. The molecule has 0 spiro atoms. The van der Waals surface area contributed by atoms with Crippen LogP contribution in [0.4, 0.5) is 13.2 Å². The Hall–Kier alpha value is -1.39. The van der Waals surface area contributed by atoms with Crippen LogP contribution in [0.15, 0.2) is 0 Å². The van der Waals surface area contributed by atoms with E-state index in [2.05, 4.69) is 4.98 Å². The predicted octanol–water partition coefficient (Wildman–Crippen LogP) is 3.49. The Kier molecular flexibility index (Phi) is 3.17. The summed E-state index contributed by atoms with van der Waals surface area (Å²) in [6.07, 6.45) is -1.99. The van der Waals surface area contributed by atoms with Gasteiger partial charge >= 0.3 is 6.18 Å². The van der Waals surface area contributed by atoms with E-state index in [9.17, 15) is 18.0 Å². The zero-order chi connectivity index (χ0) is 13.5. The van der Waals surface area contributed by atoms with Gasteiger partial charge in [-0.05, 0) is 45.1 Å². The van der Waals surface area contributed by atoms with Gasteiger partial charge < -0.3 is 0 Å². The number of pyridine rings is 1. The molecule has 2 nitrogen and oxygen atoms in total. The van der Waals surface area contributed by atoms with Crippen LogP contribution in [0.3, 0.4) is 0 Å². The maximum atomic E-state index is 13.2. The molecule has 1 aromatic rings. The number of alkyl halides is 3. The lowest BCUT2D eigenvalue weighted by Gasteiger charge is -2.23. The van der Waals surface area contributed by atoms with E-state index >= 15 is 0 Å². The number of halogens is 3. The molecule has 0 aromatic carbocycles. The summed E-state index contributed by atoms with van der Waals surface area (Å²) in [6, 6.07) is 0. The van der Waals surface area contributed by atoms with E-state index in [4.69, 9.17) is 0 Å². The van der Waals surface area contributed by atoms with Crippen LogP contribution in [0.1, 0.15) is 52.6 Å². The average molecular weight is 257 g/mol. The van der Waals surface area contributed by atoms with Gasteiger partial charge in [0.25, 0.3) is 0 Å². The van der Waals surface area contributed by atoms with Gasteiger partial charge in [-0.2, -0.15) is 13.2 Å². The van der Waals surface area contributed by atoms with Crippen LogP contribution in [0.2, 0.25) is 0 Å². The monoisotopic (exact) mass is 257 g/mol. The van der Waals surface area contributed by atoms with Crippen LogP contribution < -0.4 is 0 Å². The van der Waals surface area contributed by atoms with Gasteiger partial charge in [-0.25, -0.2) is 0 Å². The second-order valence-electron chi connectivity index (χ2n) is 4.63. The zero-order valence-corrected chi connectivity index (χ0v) is 10.3. The molecule has 0 unspecified atom stereocenters. The first-order valence-electron chi connectivity index (χ1n) is 5.93. The highest BCUT2D eigenvalue weighted by Crippen LogP contribution is 2.39. The molecule has 98 valence electrons. The number of fused-ring (bicyclic) bond motifs is 1. The molecule has 0 aliphatic heterocycles. The molecule has 0 saturated heterocycles. The van der Waals surface area contributed by atoms with E-state index in [1.165, 1.54) is 6.92 Å². The van der Waals surface area contributed by atoms with Gasteiger partial charge in [0.05, 0.1) is 11.1 Å². The number of Topliss-reactive ketones (excluding diaryl/α,β-unsaturated/α-hetero) is 1. The highest BCUT2D eigenvalue weighted by Gasteiger charge is 2.40. The molecule has 0 saturated carbocycles. The van der Waals surface area contributed by atoms with E-state index in [-0.39, 0.29) is 16.8 Å². The van der Waals surface area contributed by atoms with Crippen molar-refractivity contribution in [2.75, 3.05) is 0 Å². The highest BCUT2D eigenvalue weighted by atomic mass is 19.4. The molecule has 5 heteroatoms. The number of carbonyl (C=O) groups excluding carboxylic acids is 1. The van der Waals surface area contributed by atoms with Crippen molar-refractivity contribution >= 4 is 5.78 Å². The maximum absolute atomic E-state index is 13.2. The van der Waals surface area contributed by atoms with E-state index < -0.39 is 17.5 Å². The first kappa shape index (κ1) is 13.1. The minimum atomic E-state index is -4.49. The van der Waals surface area contributed by atoms with E-state index in [0.717, 1.165) is 19.8 Å². The van der Waals surface area contributed by atoms with Crippen LogP contribution >= 0.6 is 0 Å². The lowest BCUT2D eigenvalue weighted by atomic mass is 9.87. The standard InChI is InChI=1S/C13H14F3NO/c1-7-11(8(2)18)12(13(14,15)16)9-5-3-4-6-10(9)17-7/h3-6H2,1-2H3. The molecule has 0 amide bonds. The summed E-state index contributed by atoms with van der Waals surface area (Å²) in [6.45, 7) is 2.63. The first-order chi connectivity index (χ1) is 8.32. The van der Waals surface area contributed by atoms with Crippen LogP contribution in [0.25, 0.3) is 0 Å². The summed E-state index contributed by atoms with van der Waals surface area (Å²) in [5.74, 6) is -0.569. The van der Waals surface area contributed by atoms with E-state index in [1.54, 1.807) is 0 Å². The largest absolute Gasteiger partial charge is 0.417 e. The SMILES string of the molecule is CC(=O)c1c(C)nc2c(c1C(F)(F)F)CCCC2. The van der Waals surface area contributed by atoms with Gasteiger partial charge in [0.15, 0.2) is 5.78 Å². The highest BCUT2D eigenvalue weighted by molar-refractivity contribution is 5.97. The molecule has 1 aliphatic rings. The fraction of sp³-hybridized carbons (Fsp3) is 0.538. The van der Waals surface area contributed by atoms with Crippen molar-refractivity contribution in [3.8, 4) is 0 Å². The Morgan fingerprint density at radius 1 is 1.22 bits per heavy atom. The topological polar surface area (TPSA) is 30.0 Å². The third kappa shape index (κ3) is 2.13. The molecule has 1 aliphatic carbocycles. The lowest BCUT2D eigenvalue weighted by Crippen LogP contribution is -2.22. The number of hydrogen-bond donors (Lipinski definition) is 0. The van der Waals surface area contributed by atoms with Crippen molar-refractivity contribution in [3.63, 3.8) is 0 Å². The number of carbonyl (C=O) groups is 1. The number of nitrogens with zero attached hydrogens (tertiary/aromatic N) is 1. The van der Waals surface area contributed by atoms with Crippen LogP contribution in [0, 0.1) is 6.92 Å². The normalized spacial score (nSPS) is 15.4. The lowest BCUT2D eigenvalue weighted by molar-refractivity contribution is -0.138. The summed E-state index contributed by atoms with van der Waals surface area (Å²) in [7, 11) is 0. The van der Waals surface area contributed by atoms with Crippen molar-refractivity contribution in [1.82, 2.24) is 4.98 Å². The van der Waals surface area contributed by atoms with Crippen molar-refractivity contribution in [2.24, 2.45) is 0 Å². The second kappa shape index (κ2) is 4.37. The Morgan fingerprint density at radius 2 is 1.83 bits per heavy atom. The number of aryl methyl sites for hydroxylation is 2. The number of ketones is 1. The molecule has 0 fully saturated rings. The van der Waals surface area contributed by atoms with Crippen molar-refractivity contribution in [2.45, 2.75) is 45.7 Å². The second-order valence-corrected chi connectivity index (χ2v) is 4.63. The van der Waals surface area contributed by atoms with Crippen molar-refractivity contribution in [3.05, 3.63) is 28.1 Å². The number of rotatable bonds is 1. The van der Waals surface area contributed by atoms with Gasteiger partial charge in [0.2, 0.25) is 0 Å². The molecule has 18 heavy (non-hydrogen) atoms. The van der Waals surface area contributed by atoms with Crippen LogP contribution in [-0.4, -0.2) is 10.8 Å². The fourth-order valence-electron chi connectivity index (χ4n) is 2.62. The van der Waals surface area contributed by atoms with E-state index in [0.29, 0.717) is 18.5 Å². The Morgan fingerprint density at radius 3 is 2.39 bits per heavy atom. The summed E-state index contributed by atoms with van der Waals surface area (Å²) in [5.41, 5.74) is -0.0866. The molecule has 2 rings (SSSR count). The first-order valence-corrected chi connectivity index (χ1v) is 5.93. The summed E-state index contributed by atoms with van der Waals surface area (Å²) in [5, 5.41) is 0. The molecule has 0 N–H and O–H groups in total. The molecular weight excluding hydrogens is 243 g/mol. The number of aromatic nitrogens is 1. The Bertz CT molecular complexity index is 506. The maximum Gasteiger partial charge on any atom is 0.417 e. The predicted molar refractivity (Wildman–Crippen MR) is 60.6 cm³/mol. The Balaban J connectivity index is 2.78. The van der Waals surface area contributed by atoms with Crippen LogP contribution in [0.5, 0.6) is 0 Å². The van der Waals surface area contributed by atoms with Gasteiger partial charge in [-0.3, -0.25) is 9.78 Å². The quantitative estimate of drug-likeness (QED) is 0.721. The Labute approximate surface area is 103 Å². The molecule has 0 radical (unpaired) electrons. The molecular formula is C13H14F3NO. The molecule has 1 heterocycles. The zero-order valence-electron chi connectivity index (χ0n) is 10.3. The van der Waals surface area contributed by atoms with Gasteiger partial charge in [-0.15, -0.1) is 0 Å². The summed E-state index contributed by atoms with van der Waals surface area (Å²) >= 11 is 0. The summed E-state index contributed by atoms with van der Waals surface area (Å²) < 4.78 is 39.6. The summed E-state index contributed by atoms with van der Waals surface area (Å²) in [4.78, 5) is 15.7. The minimum Gasteiger partial charge on any atom is -0.294 e. The van der Waals surface area contributed by atoms with Gasteiger partial charge in [0, 0.05) is 11.4 Å². The third-order valence-electron chi connectivity index (χ3n) is 3.29. The fourth-order valence-corrected chi connectivity index (χ4v) is 2.62. The average Bonchev–Trinajstić information content (AvgIpc) is 2.25. The van der Waals surface area contributed by atoms with Gasteiger partial charge in [0.1, 0.15) is 0 Å². The van der Waals surface area contributed by atoms with Crippen molar-refractivity contribution < 1.29 is 18.0 Å². The molecule has 0 bridgehead atoms.